The van der Waals surface area contributed by atoms with Gasteiger partial charge in [-0.1, -0.05) is 0 Å². The van der Waals surface area contributed by atoms with Gasteiger partial charge < -0.3 is 15.2 Å². The molecule has 5 nitrogen and oxygen atoms in total. The lowest BCUT2D eigenvalue weighted by Gasteiger charge is -2.37. The first-order valence-corrected chi connectivity index (χ1v) is 7.85. The van der Waals surface area contributed by atoms with Crippen LogP contribution >= 0.6 is 0 Å². The van der Waals surface area contributed by atoms with Gasteiger partial charge in [-0.15, -0.1) is 0 Å². The first-order valence-electron chi connectivity index (χ1n) is 7.85. The van der Waals surface area contributed by atoms with Gasteiger partial charge in [0.15, 0.2) is 0 Å². The van der Waals surface area contributed by atoms with E-state index in [1.54, 1.807) is 12.1 Å². The summed E-state index contributed by atoms with van der Waals surface area (Å²) in [5.41, 5.74) is 0.753. The standard InChI is InChI=1S/C16H23N3O2/c1-3-19(13-8-11-5-6-12(9-13)18-11)16(21)14-7-4-10(2)17-15(14)20/h4,7,11-13,18H,3,5-6,8-9H2,1-2H3,(H,17,20). The molecule has 2 fully saturated rings. The highest BCUT2D eigenvalue weighted by Crippen LogP contribution is 2.30. The van der Waals surface area contributed by atoms with Crippen molar-refractivity contribution < 1.29 is 4.79 Å². The number of carbonyl (C=O) groups is 1. The first-order chi connectivity index (χ1) is 10.1. The van der Waals surface area contributed by atoms with Crippen molar-refractivity contribution in [2.45, 2.75) is 57.7 Å². The lowest BCUT2D eigenvalue weighted by atomic mass is 9.97. The number of carbonyl (C=O) groups excluding carboxylic acids is 1. The van der Waals surface area contributed by atoms with Crippen LogP contribution in [0.25, 0.3) is 0 Å². The van der Waals surface area contributed by atoms with E-state index >= 15 is 0 Å². The fraction of sp³-hybridized carbons (Fsp3) is 0.625. The van der Waals surface area contributed by atoms with Crippen LogP contribution in [0, 0.1) is 6.92 Å². The second-order valence-electron chi connectivity index (χ2n) is 6.24. The van der Waals surface area contributed by atoms with Gasteiger partial charge in [0.1, 0.15) is 5.56 Å². The largest absolute Gasteiger partial charge is 0.336 e. The Morgan fingerprint density at radius 3 is 2.52 bits per heavy atom. The predicted octanol–water partition coefficient (Wildman–Crippen LogP) is 1.43. The van der Waals surface area contributed by atoms with E-state index in [1.807, 2.05) is 18.7 Å². The van der Waals surface area contributed by atoms with Gasteiger partial charge in [0.2, 0.25) is 0 Å². The van der Waals surface area contributed by atoms with E-state index in [9.17, 15) is 9.59 Å². The van der Waals surface area contributed by atoms with E-state index in [1.165, 1.54) is 12.8 Å². The quantitative estimate of drug-likeness (QED) is 0.884. The molecule has 0 aliphatic carbocycles. The third-order valence-corrected chi connectivity index (χ3v) is 4.78. The van der Waals surface area contributed by atoms with Crippen LogP contribution in [0.2, 0.25) is 0 Å². The third kappa shape index (κ3) is 2.75. The molecule has 2 N–H and O–H groups in total. The van der Waals surface area contributed by atoms with Gasteiger partial charge in [-0.3, -0.25) is 9.59 Å². The second-order valence-corrected chi connectivity index (χ2v) is 6.24. The number of piperidine rings is 1. The van der Waals surface area contributed by atoms with E-state index in [2.05, 4.69) is 10.3 Å². The molecule has 0 spiro atoms. The maximum absolute atomic E-state index is 12.7. The second kappa shape index (κ2) is 5.64. The fourth-order valence-electron chi connectivity index (χ4n) is 3.74. The molecule has 21 heavy (non-hydrogen) atoms. The number of rotatable bonds is 3. The van der Waals surface area contributed by atoms with Crippen molar-refractivity contribution >= 4 is 5.91 Å². The normalized spacial score (nSPS) is 27.6. The Labute approximate surface area is 124 Å². The number of aryl methyl sites for hydroxylation is 1. The molecule has 1 aromatic rings. The summed E-state index contributed by atoms with van der Waals surface area (Å²) in [6.45, 7) is 4.46. The molecule has 2 aliphatic rings. The molecule has 114 valence electrons. The maximum atomic E-state index is 12.7. The average molecular weight is 289 g/mol. The van der Waals surface area contributed by atoms with Gasteiger partial charge in [-0.05, 0) is 51.7 Å². The topological polar surface area (TPSA) is 65.2 Å². The monoisotopic (exact) mass is 289 g/mol. The molecule has 0 saturated carbocycles. The molecule has 3 rings (SSSR count). The average Bonchev–Trinajstić information content (AvgIpc) is 2.78. The van der Waals surface area contributed by atoms with Crippen molar-refractivity contribution in [2.75, 3.05) is 6.54 Å². The van der Waals surface area contributed by atoms with Crippen LogP contribution in [-0.4, -0.2) is 40.5 Å². The van der Waals surface area contributed by atoms with Gasteiger partial charge in [0.25, 0.3) is 11.5 Å². The number of aromatic nitrogens is 1. The smallest absolute Gasteiger partial charge is 0.260 e. The molecule has 2 saturated heterocycles. The number of hydrogen-bond donors (Lipinski definition) is 2. The molecule has 2 bridgehead atoms. The Bertz CT molecular complexity index is 583. The summed E-state index contributed by atoms with van der Waals surface area (Å²) in [7, 11) is 0. The summed E-state index contributed by atoms with van der Waals surface area (Å²) < 4.78 is 0. The molecule has 1 aromatic heterocycles. The fourth-order valence-corrected chi connectivity index (χ4v) is 3.74. The van der Waals surface area contributed by atoms with Gasteiger partial charge >= 0.3 is 0 Å². The summed E-state index contributed by atoms with van der Waals surface area (Å²) >= 11 is 0. The summed E-state index contributed by atoms with van der Waals surface area (Å²) in [5.74, 6) is -0.134. The number of pyridine rings is 1. The molecular weight excluding hydrogens is 266 g/mol. The molecule has 3 heterocycles. The lowest BCUT2D eigenvalue weighted by Crippen LogP contribution is -2.50. The van der Waals surface area contributed by atoms with Crippen LogP contribution in [0.5, 0.6) is 0 Å². The Balaban J connectivity index is 1.82. The van der Waals surface area contributed by atoms with E-state index < -0.39 is 0 Å². The van der Waals surface area contributed by atoms with Crippen molar-refractivity contribution in [1.82, 2.24) is 15.2 Å². The third-order valence-electron chi connectivity index (χ3n) is 4.78. The van der Waals surface area contributed by atoms with Crippen LogP contribution in [-0.2, 0) is 0 Å². The summed E-state index contributed by atoms with van der Waals surface area (Å²) in [6, 6.07) is 4.75. The highest BCUT2D eigenvalue weighted by Gasteiger charge is 2.37. The van der Waals surface area contributed by atoms with Gasteiger partial charge in [-0.25, -0.2) is 0 Å². The predicted molar refractivity (Wildman–Crippen MR) is 81.5 cm³/mol. The van der Waals surface area contributed by atoms with Crippen molar-refractivity contribution in [3.63, 3.8) is 0 Å². The lowest BCUT2D eigenvalue weighted by molar-refractivity contribution is 0.0629. The zero-order chi connectivity index (χ0) is 15.0. The van der Waals surface area contributed by atoms with Gasteiger partial charge in [0.05, 0.1) is 0 Å². The number of hydrogen-bond acceptors (Lipinski definition) is 3. The Kier molecular flexibility index (Phi) is 3.85. The van der Waals surface area contributed by atoms with Crippen molar-refractivity contribution in [3.8, 4) is 0 Å². The number of fused-ring (bicyclic) bond motifs is 2. The molecule has 2 unspecified atom stereocenters. The van der Waals surface area contributed by atoms with Crippen LogP contribution < -0.4 is 10.9 Å². The van der Waals surface area contributed by atoms with E-state index in [0.717, 1.165) is 18.5 Å². The minimum absolute atomic E-state index is 0.134. The van der Waals surface area contributed by atoms with E-state index in [-0.39, 0.29) is 23.1 Å². The number of aromatic amines is 1. The zero-order valence-electron chi connectivity index (χ0n) is 12.7. The molecule has 2 aliphatic heterocycles. The van der Waals surface area contributed by atoms with Crippen molar-refractivity contribution in [2.24, 2.45) is 0 Å². The maximum Gasteiger partial charge on any atom is 0.260 e. The molecule has 1 amide bonds. The van der Waals surface area contributed by atoms with Gasteiger partial charge in [-0.2, -0.15) is 0 Å². The van der Waals surface area contributed by atoms with E-state index in [4.69, 9.17) is 0 Å². The van der Waals surface area contributed by atoms with Crippen LogP contribution in [0.15, 0.2) is 16.9 Å². The Morgan fingerprint density at radius 1 is 1.29 bits per heavy atom. The minimum atomic E-state index is -0.282. The van der Waals surface area contributed by atoms with Crippen molar-refractivity contribution in [1.29, 1.82) is 0 Å². The van der Waals surface area contributed by atoms with E-state index in [0.29, 0.717) is 18.6 Å². The number of H-pyrrole nitrogens is 1. The van der Waals surface area contributed by atoms with Crippen molar-refractivity contribution in [3.05, 3.63) is 33.7 Å². The number of nitrogens with one attached hydrogen (secondary N) is 2. The van der Waals surface area contributed by atoms with Crippen LogP contribution in [0.4, 0.5) is 0 Å². The van der Waals surface area contributed by atoms with Crippen LogP contribution in [0.1, 0.15) is 48.7 Å². The SMILES string of the molecule is CCN(C(=O)c1ccc(C)[nH]c1=O)C1CC2CCC(C1)N2. The summed E-state index contributed by atoms with van der Waals surface area (Å²) in [6.07, 6.45) is 4.41. The molecule has 5 heteroatoms. The number of amides is 1. The first kappa shape index (κ1) is 14.3. The molecule has 0 aromatic carbocycles. The molecular formula is C16H23N3O2. The van der Waals surface area contributed by atoms with Crippen LogP contribution in [0.3, 0.4) is 0 Å². The summed E-state index contributed by atoms with van der Waals surface area (Å²) in [4.78, 5) is 29.3. The zero-order valence-corrected chi connectivity index (χ0v) is 12.7. The summed E-state index contributed by atoms with van der Waals surface area (Å²) in [5, 5.41) is 3.59. The highest BCUT2D eigenvalue weighted by molar-refractivity contribution is 5.94. The highest BCUT2D eigenvalue weighted by atomic mass is 16.2. The Morgan fingerprint density at radius 2 is 1.95 bits per heavy atom. The minimum Gasteiger partial charge on any atom is -0.336 e. The van der Waals surface area contributed by atoms with Gasteiger partial charge in [0, 0.05) is 30.4 Å². The molecule has 2 atom stereocenters. The molecule has 0 radical (unpaired) electrons. The number of nitrogens with zero attached hydrogens (tertiary/aromatic N) is 1. The Hall–Kier alpha value is -1.62.